The van der Waals surface area contributed by atoms with Crippen LogP contribution in [0.3, 0.4) is 0 Å². The summed E-state index contributed by atoms with van der Waals surface area (Å²) in [6.45, 7) is 2.31. The number of aromatic nitrogens is 1. The van der Waals surface area contributed by atoms with Crippen molar-refractivity contribution in [1.82, 2.24) is 10.1 Å². The van der Waals surface area contributed by atoms with E-state index in [9.17, 15) is 24.5 Å². The lowest BCUT2D eigenvalue weighted by Gasteiger charge is -2.06. The van der Waals surface area contributed by atoms with Gasteiger partial charge in [0.2, 0.25) is 0 Å². The molecule has 0 aliphatic rings. The van der Waals surface area contributed by atoms with Crippen molar-refractivity contribution in [2.75, 3.05) is 12.3 Å². The van der Waals surface area contributed by atoms with Crippen molar-refractivity contribution in [2.24, 2.45) is 0 Å². The lowest BCUT2D eigenvalue weighted by molar-refractivity contribution is -0.384. The molecule has 0 radical (unpaired) electrons. The van der Waals surface area contributed by atoms with E-state index in [1.807, 2.05) is 6.92 Å². The van der Waals surface area contributed by atoms with Crippen LogP contribution < -0.4 is 10.9 Å². The molecule has 1 aromatic heterocycles. The van der Waals surface area contributed by atoms with Gasteiger partial charge in [0.05, 0.1) is 16.9 Å². The smallest absolute Gasteiger partial charge is 0.304 e. The highest BCUT2D eigenvalue weighted by Crippen LogP contribution is 2.30. The molecule has 2 N–H and O–H groups in total. The van der Waals surface area contributed by atoms with Crippen LogP contribution in [0.1, 0.15) is 35.7 Å². The van der Waals surface area contributed by atoms with Crippen LogP contribution in [0, 0.1) is 10.1 Å². The topological polar surface area (TPSA) is 145 Å². The number of carbonyl (C=O) groups excluding carboxylic acids is 1. The fourth-order valence-electron chi connectivity index (χ4n) is 3.17. The van der Waals surface area contributed by atoms with Crippen molar-refractivity contribution in [3.05, 3.63) is 80.1 Å². The molecule has 0 aliphatic heterocycles. The fourth-order valence-corrected chi connectivity index (χ4v) is 4.09. The first-order chi connectivity index (χ1) is 16.3. The predicted octanol–water partition coefficient (Wildman–Crippen LogP) is 3.85. The van der Waals surface area contributed by atoms with Gasteiger partial charge in [0.25, 0.3) is 17.2 Å². The SMILES string of the molecule is CCCNC(=O)c1ccc(-n2oc(-c3ccccc3)c(CSCCC(=O)O)c2=O)c([N+](=O)[O-])c1. The number of aliphatic carboxylic acids is 1. The number of benzene rings is 2. The quantitative estimate of drug-likeness (QED) is 0.237. The minimum Gasteiger partial charge on any atom is -0.481 e. The molecule has 0 saturated carbocycles. The first-order valence-corrected chi connectivity index (χ1v) is 11.7. The number of thioether (sulfide) groups is 1. The second kappa shape index (κ2) is 11.3. The molecule has 2 aromatic carbocycles. The Labute approximate surface area is 198 Å². The van der Waals surface area contributed by atoms with Crippen molar-refractivity contribution >= 4 is 29.3 Å². The Balaban J connectivity index is 2.06. The van der Waals surface area contributed by atoms with Gasteiger partial charge in [-0.2, -0.15) is 11.8 Å². The van der Waals surface area contributed by atoms with Gasteiger partial charge in [0.1, 0.15) is 0 Å². The molecule has 0 bridgehead atoms. The average molecular weight is 486 g/mol. The molecule has 0 fully saturated rings. The normalized spacial score (nSPS) is 10.7. The maximum absolute atomic E-state index is 13.3. The maximum Gasteiger partial charge on any atom is 0.304 e. The summed E-state index contributed by atoms with van der Waals surface area (Å²) in [5.74, 6) is -0.705. The van der Waals surface area contributed by atoms with Crippen LogP contribution >= 0.6 is 11.8 Å². The van der Waals surface area contributed by atoms with Crippen LogP contribution in [0.2, 0.25) is 0 Å². The van der Waals surface area contributed by atoms with E-state index in [2.05, 4.69) is 5.32 Å². The summed E-state index contributed by atoms with van der Waals surface area (Å²) in [5.41, 5.74) is -0.194. The molecule has 0 unspecified atom stereocenters. The highest BCUT2D eigenvalue weighted by atomic mass is 32.2. The zero-order chi connectivity index (χ0) is 24.7. The van der Waals surface area contributed by atoms with Crippen LogP contribution in [-0.2, 0) is 10.5 Å². The van der Waals surface area contributed by atoms with Crippen LogP contribution in [-0.4, -0.2) is 38.9 Å². The van der Waals surface area contributed by atoms with Gasteiger partial charge in [0, 0.05) is 35.2 Å². The van der Waals surface area contributed by atoms with Gasteiger partial charge in [-0.25, -0.2) is 0 Å². The third kappa shape index (κ3) is 5.73. The van der Waals surface area contributed by atoms with E-state index < -0.39 is 28.0 Å². The Morgan fingerprint density at radius 1 is 1.21 bits per heavy atom. The van der Waals surface area contributed by atoms with Crippen LogP contribution in [0.5, 0.6) is 0 Å². The number of hydrogen-bond acceptors (Lipinski definition) is 7. The lowest BCUT2D eigenvalue weighted by Crippen LogP contribution is -2.24. The molecule has 34 heavy (non-hydrogen) atoms. The zero-order valence-electron chi connectivity index (χ0n) is 18.4. The summed E-state index contributed by atoms with van der Waals surface area (Å²) in [4.78, 5) is 47.4. The van der Waals surface area contributed by atoms with Crippen molar-refractivity contribution in [3.8, 4) is 17.0 Å². The summed E-state index contributed by atoms with van der Waals surface area (Å²) >= 11 is 1.25. The molecular formula is C23H23N3O7S. The Hall–Kier alpha value is -3.86. The zero-order valence-corrected chi connectivity index (χ0v) is 19.2. The largest absolute Gasteiger partial charge is 0.481 e. The third-order valence-electron chi connectivity index (χ3n) is 4.83. The highest BCUT2D eigenvalue weighted by Gasteiger charge is 2.26. The molecule has 3 rings (SSSR count). The number of rotatable bonds is 11. The molecule has 0 atom stereocenters. The number of carboxylic acid groups (broad SMARTS) is 1. The van der Waals surface area contributed by atoms with Crippen molar-refractivity contribution in [3.63, 3.8) is 0 Å². The molecule has 0 aliphatic carbocycles. The summed E-state index contributed by atoms with van der Waals surface area (Å²) < 4.78 is 6.67. The Morgan fingerprint density at radius 3 is 2.59 bits per heavy atom. The second-order valence-corrected chi connectivity index (χ2v) is 8.38. The number of hydrogen-bond donors (Lipinski definition) is 2. The molecular weight excluding hydrogens is 462 g/mol. The maximum atomic E-state index is 13.3. The Bertz CT molecular complexity index is 1250. The van der Waals surface area contributed by atoms with Crippen molar-refractivity contribution in [1.29, 1.82) is 0 Å². The van der Waals surface area contributed by atoms with E-state index in [-0.39, 0.29) is 40.5 Å². The van der Waals surface area contributed by atoms with E-state index >= 15 is 0 Å². The minimum atomic E-state index is -0.945. The first kappa shape index (κ1) is 24.8. The Morgan fingerprint density at radius 2 is 1.94 bits per heavy atom. The second-order valence-electron chi connectivity index (χ2n) is 7.28. The molecule has 10 nitrogen and oxygen atoms in total. The number of nitro groups is 1. The van der Waals surface area contributed by atoms with Gasteiger partial charge in [0.15, 0.2) is 11.4 Å². The highest BCUT2D eigenvalue weighted by molar-refractivity contribution is 7.98. The number of nitrogens with zero attached hydrogens (tertiary/aromatic N) is 2. The van der Waals surface area contributed by atoms with E-state index in [1.165, 1.54) is 23.9 Å². The summed E-state index contributed by atoms with van der Waals surface area (Å²) in [6.07, 6.45) is 0.646. The molecule has 1 amide bonds. The molecule has 0 spiro atoms. The van der Waals surface area contributed by atoms with Gasteiger partial charge in [-0.1, -0.05) is 37.3 Å². The lowest BCUT2D eigenvalue weighted by atomic mass is 10.1. The van der Waals surface area contributed by atoms with Crippen LogP contribution in [0.25, 0.3) is 17.0 Å². The van der Waals surface area contributed by atoms with E-state index in [0.717, 1.165) is 10.8 Å². The Kier molecular flexibility index (Phi) is 8.25. The third-order valence-corrected chi connectivity index (χ3v) is 5.82. The summed E-state index contributed by atoms with van der Waals surface area (Å²) in [5, 5.41) is 23.3. The van der Waals surface area contributed by atoms with E-state index in [0.29, 0.717) is 18.5 Å². The van der Waals surface area contributed by atoms with E-state index in [1.54, 1.807) is 30.3 Å². The van der Waals surface area contributed by atoms with Crippen molar-refractivity contribution < 1.29 is 24.1 Å². The molecule has 1 heterocycles. The number of nitro benzene ring substituents is 1. The van der Waals surface area contributed by atoms with Crippen LogP contribution in [0.4, 0.5) is 5.69 Å². The van der Waals surface area contributed by atoms with E-state index in [4.69, 9.17) is 9.63 Å². The summed E-state index contributed by atoms with van der Waals surface area (Å²) in [7, 11) is 0. The number of nitrogens with one attached hydrogen (secondary N) is 1. The number of amides is 1. The van der Waals surface area contributed by atoms with Crippen LogP contribution in [0.15, 0.2) is 57.8 Å². The van der Waals surface area contributed by atoms with Gasteiger partial charge in [-0.15, -0.1) is 4.74 Å². The minimum absolute atomic E-state index is 0.0651. The number of carboxylic acids is 1. The fraction of sp³-hybridized carbons (Fsp3) is 0.261. The predicted molar refractivity (Wildman–Crippen MR) is 127 cm³/mol. The van der Waals surface area contributed by atoms with Gasteiger partial charge in [-0.3, -0.25) is 24.5 Å². The van der Waals surface area contributed by atoms with Gasteiger partial charge < -0.3 is 14.9 Å². The molecule has 0 saturated heterocycles. The standard InChI is InChI=1S/C23H23N3O7S/c1-2-11-24-22(29)16-8-9-18(19(13-16)26(31)32)25-23(30)17(14-34-12-10-20(27)28)21(33-25)15-6-4-3-5-7-15/h3-9,13H,2,10-12,14H2,1H3,(H,24,29)(H,27,28). The van der Waals surface area contributed by atoms with Gasteiger partial charge >= 0.3 is 5.97 Å². The molecule has 3 aromatic rings. The monoisotopic (exact) mass is 485 g/mol. The molecule has 178 valence electrons. The first-order valence-electron chi connectivity index (χ1n) is 10.5. The number of carbonyl (C=O) groups is 2. The van der Waals surface area contributed by atoms with Gasteiger partial charge in [-0.05, 0) is 18.6 Å². The van der Waals surface area contributed by atoms with Crippen molar-refractivity contribution in [2.45, 2.75) is 25.5 Å². The summed E-state index contributed by atoms with van der Waals surface area (Å²) in [6, 6.07) is 12.6. The molecule has 11 heteroatoms. The average Bonchev–Trinajstić information content (AvgIpc) is 3.16.